The second kappa shape index (κ2) is 8.91. The Hall–Kier alpha value is -3.26. The summed E-state index contributed by atoms with van der Waals surface area (Å²) in [6.07, 6.45) is 1.64. The molecule has 0 saturated carbocycles. The standard InChI is InChI=1S/C19H17N3O4S/c23-17-16(27-19(25)22-17)12-13-6-8-15(9-7-13)26-11-10-20-18(24)21-14-4-2-1-3-5-14/h1-9,12H,10-11H2,(H2,20,21,24)(H,22,23,25)/b16-12-. The minimum Gasteiger partial charge on any atom is -0.492 e. The summed E-state index contributed by atoms with van der Waals surface area (Å²) < 4.78 is 5.57. The maximum absolute atomic E-state index is 11.7. The molecule has 4 amide bonds. The van der Waals surface area contributed by atoms with Crippen molar-refractivity contribution in [1.29, 1.82) is 0 Å². The Kier molecular flexibility index (Phi) is 6.11. The molecule has 0 aliphatic carbocycles. The van der Waals surface area contributed by atoms with Crippen LogP contribution in [-0.2, 0) is 4.79 Å². The number of carbonyl (C=O) groups is 3. The van der Waals surface area contributed by atoms with Crippen molar-refractivity contribution in [3.8, 4) is 5.75 Å². The number of para-hydroxylation sites is 1. The lowest BCUT2D eigenvalue weighted by molar-refractivity contribution is -0.115. The van der Waals surface area contributed by atoms with Crippen LogP contribution in [0.2, 0.25) is 0 Å². The first kappa shape index (κ1) is 18.5. The summed E-state index contributed by atoms with van der Waals surface area (Å²) in [4.78, 5) is 34.8. The first-order valence-corrected chi connectivity index (χ1v) is 8.99. The summed E-state index contributed by atoms with van der Waals surface area (Å²) in [7, 11) is 0. The number of hydrogen-bond acceptors (Lipinski definition) is 5. The van der Waals surface area contributed by atoms with Crippen LogP contribution in [0, 0.1) is 0 Å². The number of amides is 4. The quantitative estimate of drug-likeness (QED) is 0.526. The van der Waals surface area contributed by atoms with Gasteiger partial charge >= 0.3 is 6.03 Å². The van der Waals surface area contributed by atoms with E-state index in [0.29, 0.717) is 23.8 Å². The van der Waals surface area contributed by atoms with Crippen LogP contribution in [-0.4, -0.2) is 30.3 Å². The van der Waals surface area contributed by atoms with Gasteiger partial charge in [0, 0.05) is 5.69 Å². The molecule has 7 nitrogen and oxygen atoms in total. The van der Waals surface area contributed by atoms with Gasteiger partial charge in [0.05, 0.1) is 11.4 Å². The molecule has 2 aromatic carbocycles. The van der Waals surface area contributed by atoms with E-state index in [4.69, 9.17) is 4.74 Å². The molecular formula is C19H17N3O4S. The lowest BCUT2D eigenvalue weighted by Gasteiger charge is -2.09. The summed E-state index contributed by atoms with van der Waals surface area (Å²) in [6.45, 7) is 0.665. The van der Waals surface area contributed by atoms with Gasteiger partial charge < -0.3 is 15.4 Å². The Morgan fingerprint density at radius 3 is 2.48 bits per heavy atom. The molecule has 1 aliphatic heterocycles. The van der Waals surface area contributed by atoms with E-state index in [1.807, 2.05) is 18.2 Å². The highest BCUT2D eigenvalue weighted by Gasteiger charge is 2.24. The van der Waals surface area contributed by atoms with E-state index in [9.17, 15) is 14.4 Å². The molecule has 3 N–H and O–H groups in total. The third kappa shape index (κ3) is 5.61. The number of nitrogens with one attached hydrogen (secondary N) is 3. The Labute approximate surface area is 160 Å². The zero-order chi connectivity index (χ0) is 19.1. The molecule has 8 heteroatoms. The van der Waals surface area contributed by atoms with E-state index in [1.54, 1.807) is 42.5 Å². The molecule has 0 radical (unpaired) electrons. The van der Waals surface area contributed by atoms with Crippen molar-refractivity contribution < 1.29 is 19.1 Å². The Bertz CT molecular complexity index is 866. The van der Waals surface area contributed by atoms with Crippen molar-refractivity contribution in [2.75, 3.05) is 18.5 Å². The molecule has 0 spiro atoms. The van der Waals surface area contributed by atoms with E-state index < -0.39 is 0 Å². The van der Waals surface area contributed by atoms with Crippen molar-refractivity contribution in [2.45, 2.75) is 0 Å². The molecule has 3 rings (SSSR count). The fraction of sp³-hybridized carbons (Fsp3) is 0.105. The smallest absolute Gasteiger partial charge is 0.319 e. The average Bonchev–Trinajstić information content (AvgIpc) is 2.98. The van der Waals surface area contributed by atoms with Crippen LogP contribution in [0.3, 0.4) is 0 Å². The van der Waals surface area contributed by atoms with Gasteiger partial charge in [-0.3, -0.25) is 14.9 Å². The summed E-state index contributed by atoms with van der Waals surface area (Å²) in [6, 6.07) is 16.0. The number of carbonyl (C=O) groups excluding carboxylic acids is 3. The highest BCUT2D eigenvalue weighted by molar-refractivity contribution is 8.18. The number of ether oxygens (including phenoxy) is 1. The van der Waals surface area contributed by atoms with Crippen LogP contribution < -0.4 is 20.7 Å². The minimum absolute atomic E-state index is 0.298. The molecule has 138 valence electrons. The number of anilines is 1. The molecule has 1 saturated heterocycles. The fourth-order valence-corrected chi connectivity index (χ4v) is 2.95. The Morgan fingerprint density at radius 2 is 1.81 bits per heavy atom. The van der Waals surface area contributed by atoms with Crippen LogP contribution in [0.5, 0.6) is 5.75 Å². The van der Waals surface area contributed by atoms with Crippen LogP contribution >= 0.6 is 11.8 Å². The number of urea groups is 1. The molecule has 0 aromatic heterocycles. The SMILES string of the molecule is O=C(NCCOc1ccc(/C=C2\SC(=O)NC2=O)cc1)Nc1ccccc1. The predicted molar refractivity (Wildman–Crippen MR) is 105 cm³/mol. The molecule has 1 fully saturated rings. The molecule has 0 bridgehead atoms. The zero-order valence-corrected chi connectivity index (χ0v) is 15.0. The zero-order valence-electron chi connectivity index (χ0n) is 14.2. The van der Waals surface area contributed by atoms with Gasteiger partial charge in [0.25, 0.3) is 11.1 Å². The summed E-state index contributed by atoms with van der Waals surface area (Å²) in [5, 5.41) is 7.27. The molecule has 2 aromatic rings. The van der Waals surface area contributed by atoms with Gasteiger partial charge in [-0.2, -0.15) is 0 Å². The minimum atomic E-state index is -0.384. The lowest BCUT2D eigenvalue weighted by Crippen LogP contribution is -2.32. The number of benzene rings is 2. The molecule has 1 aliphatic rings. The van der Waals surface area contributed by atoms with Gasteiger partial charge in [0.1, 0.15) is 12.4 Å². The molecule has 0 unspecified atom stereocenters. The number of hydrogen-bond donors (Lipinski definition) is 3. The highest BCUT2D eigenvalue weighted by atomic mass is 32.2. The predicted octanol–water partition coefficient (Wildman–Crippen LogP) is 3.21. The third-order valence-electron chi connectivity index (χ3n) is 3.51. The number of rotatable bonds is 6. The Morgan fingerprint density at radius 1 is 1.07 bits per heavy atom. The highest BCUT2D eigenvalue weighted by Crippen LogP contribution is 2.26. The monoisotopic (exact) mass is 383 g/mol. The second-order valence-electron chi connectivity index (χ2n) is 5.52. The van der Waals surface area contributed by atoms with Crippen LogP contribution in [0.1, 0.15) is 5.56 Å². The van der Waals surface area contributed by atoms with E-state index in [-0.39, 0.29) is 17.2 Å². The van der Waals surface area contributed by atoms with E-state index >= 15 is 0 Å². The van der Waals surface area contributed by atoms with Gasteiger partial charge in [-0.05, 0) is 47.7 Å². The molecular weight excluding hydrogens is 366 g/mol. The fourth-order valence-electron chi connectivity index (χ4n) is 2.26. The van der Waals surface area contributed by atoms with E-state index in [2.05, 4.69) is 16.0 Å². The van der Waals surface area contributed by atoms with Crippen molar-refractivity contribution in [3.05, 3.63) is 65.1 Å². The maximum Gasteiger partial charge on any atom is 0.319 e. The first-order valence-electron chi connectivity index (χ1n) is 8.18. The maximum atomic E-state index is 11.7. The first-order chi connectivity index (χ1) is 13.1. The molecule has 1 heterocycles. The number of imide groups is 1. The summed E-state index contributed by atoms with van der Waals surface area (Å²) in [5.74, 6) is 0.257. The van der Waals surface area contributed by atoms with Gasteiger partial charge in [0.15, 0.2) is 0 Å². The molecule has 0 atom stereocenters. The van der Waals surface area contributed by atoms with Crippen molar-refractivity contribution in [1.82, 2.24) is 10.6 Å². The normalized spacial score (nSPS) is 14.7. The summed E-state index contributed by atoms with van der Waals surface area (Å²) >= 11 is 0.877. The van der Waals surface area contributed by atoms with Crippen molar-refractivity contribution in [2.24, 2.45) is 0 Å². The molecule has 27 heavy (non-hydrogen) atoms. The summed E-state index contributed by atoms with van der Waals surface area (Å²) in [5.41, 5.74) is 1.51. The lowest BCUT2D eigenvalue weighted by atomic mass is 10.2. The van der Waals surface area contributed by atoms with Crippen LogP contribution in [0.15, 0.2) is 59.5 Å². The van der Waals surface area contributed by atoms with Gasteiger partial charge in [-0.1, -0.05) is 30.3 Å². The third-order valence-corrected chi connectivity index (χ3v) is 4.32. The largest absolute Gasteiger partial charge is 0.492 e. The van der Waals surface area contributed by atoms with Gasteiger partial charge in [-0.25, -0.2) is 4.79 Å². The second-order valence-corrected chi connectivity index (χ2v) is 6.53. The van der Waals surface area contributed by atoms with E-state index in [0.717, 1.165) is 23.0 Å². The van der Waals surface area contributed by atoms with Crippen molar-refractivity contribution in [3.63, 3.8) is 0 Å². The number of thioether (sulfide) groups is 1. The van der Waals surface area contributed by atoms with Gasteiger partial charge in [0.2, 0.25) is 0 Å². The van der Waals surface area contributed by atoms with E-state index in [1.165, 1.54) is 0 Å². The average molecular weight is 383 g/mol. The van der Waals surface area contributed by atoms with Crippen LogP contribution in [0.25, 0.3) is 6.08 Å². The van der Waals surface area contributed by atoms with Crippen LogP contribution in [0.4, 0.5) is 15.3 Å². The van der Waals surface area contributed by atoms with Gasteiger partial charge in [-0.15, -0.1) is 0 Å². The topological polar surface area (TPSA) is 96.5 Å². The Balaban J connectivity index is 1.41. The van der Waals surface area contributed by atoms with Crippen molar-refractivity contribution >= 4 is 40.7 Å².